The van der Waals surface area contributed by atoms with Crippen molar-refractivity contribution in [1.82, 2.24) is 9.80 Å². The lowest BCUT2D eigenvalue weighted by Crippen LogP contribution is -2.59. The van der Waals surface area contributed by atoms with Crippen LogP contribution in [0.1, 0.15) is 25.7 Å². The SMILES string of the molecule is NC(=O)CN(C(=O)N1CCOCC1C(=O)O)C1CCCC1. The summed E-state index contributed by atoms with van der Waals surface area (Å²) in [5.74, 6) is -1.69. The maximum Gasteiger partial charge on any atom is 0.328 e. The Morgan fingerprint density at radius 1 is 1.29 bits per heavy atom. The highest BCUT2D eigenvalue weighted by Crippen LogP contribution is 2.25. The van der Waals surface area contributed by atoms with Crippen molar-refractivity contribution in [3.8, 4) is 0 Å². The number of urea groups is 1. The van der Waals surface area contributed by atoms with Gasteiger partial charge < -0.3 is 25.4 Å². The van der Waals surface area contributed by atoms with Gasteiger partial charge in [-0.05, 0) is 12.8 Å². The number of primary amides is 1. The summed E-state index contributed by atoms with van der Waals surface area (Å²) in [5, 5.41) is 9.20. The van der Waals surface area contributed by atoms with E-state index >= 15 is 0 Å². The smallest absolute Gasteiger partial charge is 0.328 e. The predicted octanol–water partition coefficient (Wildman–Crippen LogP) is -0.378. The maximum absolute atomic E-state index is 12.7. The summed E-state index contributed by atoms with van der Waals surface area (Å²) in [7, 11) is 0. The largest absolute Gasteiger partial charge is 0.480 e. The van der Waals surface area contributed by atoms with E-state index in [4.69, 9.17) is 10.5 Å². The van der Waals surface area contributed by atoms with E-state index < -0.39 is 23.9 Å². The number of aliphatic carboxylic acids is 1. The summed E-state index contributed by atoms with van der Waals surface area (Å²) in [6, 6.07) is -1.48. The molecular formula is C13H21N3O5. The lowest BCUT2D eigenvalue weighted by molar-refractivity contribution is -0.147. The van der Waals surface area contributed by atoms with Gasteiger partial charge in [-0.2, -0.15) is 0 Å². The van der Waals surface area contributed by atoms with E-state index in [0.717, 1.165) is 25.7 Å². The number of amides is 3. The molecule has 0 radical (unpaired) electrons. The molecule has 1 unspecified atom stereocenters. The molecule has 0 spiro atoms. The number of carbonyl (C=O) groups excluding carboxylic acids is 2. The van der Waals surface area contributed by atoms with Crippen molar-refractivity contribution in [3.63, 3.8) is 0 Å². The van der Waals surface area contributed by atoms with Gasteiger partial charge in [0.25, 0.3) is 0 Å². The molecule has 2 fully saturated rings. The van der Waals surface area contributed by atoms with Gasteiger partial charge in [-0.15, -0.1) is 0 Å². The van der Waals surface area contributed by atoms with E-state index in [2.05, 4.69) is 0 Å². The first-order valence-electron chi connectivity index (χ1n) is 7.17. The van der Waals surface area contributed by atoms with Crippen LogP contribution in [0.5, 0.6) is 0 Å². The lowest BCUT2D eigenvalue weighted by Gasteiger charge is -2.38. The lowest BCUT2D eigenvalue weighted by atomic mass is 10.2. The quantitative estimate of drug-likeness (QED) is 0.734. The summed E-state index contributed by atoms with van der Waals surface area (Å²) in [6.45, 7) is 0.297. The Bertz CT molecular complexity index is 422. The average molecular weight is 299 g/mol. The van der Waals surface area contributed by atoms with E-state index in [1.54, 1.807) is 0 Å². The topological polar surface area (TPSA) is 113 Å². The highest BCUT2D eigenvalue weighted by Gasteiger charge is 2.38. The molecular weight excluding hydrogens is 278 g/mol. The Kier molecular flexibility index (Phi) is 5.00. The molecule has 2 aliphatic rings. The third-order valence-corrected chi connectivity index (χ3v) is 4.00. The van der Waals surface area contributed by atoms with Crippen LogP contribution in [-0.4, -0.2) is 71.2 Å². The number of rotatable bonds is 4. The predicted molar refractivity (Wildman–Crippen MR) is 72.5 cm³/mol. The van der Waals surface area contributed by atoms with E-state index in [-0.39, 0.29) is 25.7 Å². The van der Waals surface area contributed by atoms with Crippen LogP contribution in [0.15, 0.2) is 0 Å². The zero-order valence-electron chi connectivity index (χ0n) is 11.9. The monoisotopic (exact) mass is 299 g/mol. The summed E-state index contributed by atoms with van der Waals surface area (Å²) in [4.78, 5) is 37.8. The molecule has 8 nitrogen and oxygen atoms in total. The number of nitrogens with two attached hydrogens (primary N) is 1. The summed E-state index contributed by atoms with van der Waals surface area (Å²) in [6.07, 6.45) is 3.64. The van der Waals surface area contributed by atoms with Crippen molar-refractivity contribution in [2.75, 3.05) is 26.3 Å². The molecule has 3 N–H and O–H groups in total. The Morgan fingerprint density at radius 2 is 1.95 bits per heavy atom. The van der Waals surface area contributed by atoms with Crippen LogP contribution in [0.4, 0.5) is 4.79 Å². The molecule has 1 aliphatic carbocycles. The molecule has 1 heterocycles. The van der Waals surface area contributed by atoms with Crippen molar-refractivity contribution >= 4 is 17.9 Å². The van der Waals surface area contributed by atoms with Gasteiger partial charge in [0, 0.05) is 12.6 Å². The second-order valence-electron chi connectivity index (χ2n) is 5.44. The third kappa shape index (κ3) is 3.63. The van der Waals surface area contributed by atoms with Crippen LogP contribution in [0.2, 0.25) is 0 Å². The number of hydrogen-bond acceptors (Lipinski definition) is 4. The molecule has 21 heavy (non-hydrogen) atoms. The number of carboxylic acids is 1. The first-order chi connectivity index (χ1) is 10.0. The fourth-order valence-electron chi connectivity index (χ4n) is 2.94. The standard InChI is InChI=1S/C13H21N3O5/c14-11(17)7-16(9-3-1-2-4-9)13(20)15-5-6-21-8-10(15)12(18)19/h9-10H,1-8H2,(H2,14,17)(H,18,19). The van der Waals surface area contributed by atoms with Crippen LogP contribution >= 0.6 is 0 Å². The zero-order chi connectivity index (χ0) is 15.4. The van der Waals surface area contributed by atoms with Gasteiger partial charge in [0.2, 0.25) is 5.91 Å². The van der Waals surface area contributed by atoms with E-state index in [9.17, 15) is 19.5 Å². The number of hydrogen-bond donors (Lipinski definition) is 2. The van der Waals surface area contributed by atoms with Gasteiger partial charge >= 0.3 is 12.0 Å². The van der Waals surface area contributed by atoms with Gasteiger partial charge in [-0.3, -0.25) is 4.79 Å². The van der Waals surface area contributed by atoms with Crippen LogP contribution in [0, 0.1) is 0 Å². The summed E-state index contributed by atoms with van der Waals surface area (Å²) < 4.78 is 5.13. The number of ether oxygens (including phenoxy) is 1. The van der Waals surface area contributed by atoms with Gasteiger partial charge in [0.1, 0.15) is 6.54 Å². The minimum Gasteiger partial charge on any atom is -0.480 e. The highest BCUT2D eigenvalue weighted by molar-refractivity contribution is 5.86. The van der Waals surface area contributed by atoms with E-state index in [1.165, 1.54) is 9.80 Å². The number of carbonyl (C=O) groups is 3. The molecule has 3 amide bonds. The van der Waals surface area contributed by atoms with Crippen molar-refractivity contribution < 1.29 is 24.2 Å². The Balaban J connectivity index is 2.14. The fraction of sp³-hybridized carbons (Fsp3) is 0.769. The Labute approximate surface area is 122 Å². The van der Waals surface area contributed by atoms with Crippen LogP contribution in [0.25, 0.3) is 0 Å². The molecule has 1 aliphatic heterocycles. The van der Waals surface area contributed by atoms with Gasteiger partial charge in [0.15, 0.2) is 6.04 Å². The summed E-state index contributed by atoms with van der Waals surface area (Å²) >= 11 is 0. The Morgan fingerprint density at radius 3 is 2.52 bits per heavy atom. The van der Waals surface area contributed by atoms with Gasteiger partial charge in [-0.25, -0.2) is 9.59 Å². The number of carboxylic acid groups (broad SMARTS) is 1. The zero-order valence-corrected chi connectivity index (χ0v) is 11.9. The van der Waals surface area contributed by atoms with Crippen molar-refractivity contribution in [2.24, 2.45) is 5.73 Å². The molecule has 1 saturated carbocycles. The maximum atomic E-state index is 12.7. The van der Waals surface area contributed by atoms with Crippen LogP contribution in [0.3, 0.4) is 0 Å². The normalized spacial score (nSPS) is 23.0. The minimum atomic E-state index is -1.10. The van der Waals surface area contributed by atoms with Gasteiger partial charge in [0.05, 0.1) is 13.2 Å². The summed E-state index contributed by atoms with van der Waals surface area (Å²) in [5.41, 5.74) is 5.23. The first kappa shape index (κ1) is 15.6. The molecule has 0 aromatic carbocycles. The fourth-order valence-corrected chi connectivity index (χ4v) is 2.94. The highest BCUT2D eigenvalue weighted by atomic mass is 16.5. The van der Waals surface area contributed by atoms with E-state index in [0.29, 0.717) is 6.61 Å². The van der Waals surface area contributed by atoms with Crippen LogP contribution < -0.4 is 5.73 Å². The second-order valence-corrected chi connectivity index (χ2v) is 5.44. The average Bonchev–Trinajstić information content (AvgIpc) is 2.97. The molecule has 1 saturated heterocycles. The first-order valence-corrected chi connectivity index (χ1v) is 7.17. The molecule has 8 heteroatoms. The molecule has 0 aromatic heterocycles. The molecule has 118 valence electrons. The van der Waals surface area contributed by atoms with Crippen molar-refractivity contribution in [1.29, 1.82) is 0 Å². The molecule has 0 aromatic rings. The van der Waals surface area contributed by atoms with Crippen molar-refractivity contribution in [3.05, 3.63) is 0 Å². The molecule has 0 bridgehead atoms. The van der Waals surface area contributed by atoms with Gasteiger partial charge in [-0.1, -0.05) is 12.8 Å². The van der Waals surface area contributed by atoms with Crippen LogP contribution in [-0.2, 0) is 14.3 Å². The number of morpholine rings is 1. The molecule has 1 atom stereocenters. The molecule has 2 rings (SSSR count). The third-order valence-electron chi connectivity index (χ3n) is 4.00. The van der Waals surface area contributed by atoms with E-state index in [1.807, 2.05) is 0 Å². The Hall–Kier alpha value is -1.83. The second kappa shape index (κ2) is 6.75. The number of nitrogens with zero attached hydrogens (tertiary/aromatic N) is 2. The van der Waals surface area contributed by atoms with Crippen molar-refractivity contribution in [2.45, 2.75) is 37.8 Å². The minimum absolute atomic E-state index is 0.0316.